The van der Waals surface area contributed by atoms with Gasteiger partial charge in [0, 0.05) is 32.1 Å². The first kappa shape index (κ1) is 26.0. The number of nitriles is 1. The number of aromatic amines is 1. The molecule has 3 heterocycles. The van der Waals surface area contributed by atoms with Crippen molar-refractivity contribution in [2.75, 3.05) is 26.2 Å². The van der Waals surface area contributed by atoms with Crippen LogP contribution in [0.15, 0.2) is 12.4 Å². The van der Waals surface area contributed by atoms with Gasteiger partial charge in [-0.15, -0.1) is 0 Å². The average Bonchev–Trinajstić information content (AvgIpc) is 3.18. The first-order chi connectivity index (χ1) is 15.5. The van der Waals surface area contributed by atoms with Crippen molar-refractivity contribution in [3.8, 4) is 11.9 Å². The van der Waals surface area contributed by atoms with Crippen molar-refractivity contribution < 1.29 is 23.1 Å². The van der Waals surface area contributed by atoms with Crippen LogP contribution in [-0.4, -0.2) is 63.8 Å². The van der Waals surface area contributed by atoms with E-state index < -0.39 is 18.4 Å². The van der Waals surface area contributed by atoms with Crippen LogP contribution in [-0.2, 0) is 4.79 Å². The highest BCUT2D eigenvalue weighted by Crippen LogP contribution is 2.20. The predicted octanol–water partition coefficient (Wildman–Crippen LogP) is 3.15. The quantitative estimate of drug-likeness (QED) is 0.677. The zero-order chi connectivity index (χ0) is 24.6. The highest BCUT2D eigenvalue weighted by Gasteiger charge is 2.24. The van der Waals surface area contributed by atoms with E-state index >= 15 is 0 Å². The molecule has 1 saturated heterocycles. The number of rotatable bonds is 6. The van der Waals surface area contributed by atoms with Crippen molar-refractivity contribution in [2.45, 2.75) is 46.5 Å². The lowest BCUT2D eigenvalue weighted by Gasteiger charge is -2.29. The summed E-state index contributed by atoms with van der Waals surface area (Å²) in [7, 11) is 0. The van der Waals surface area contributed by atoms with Crippen LogP contribution in [0.25, 0.3) is 11.2 Å². The number of nitrogens with zero attached hydrogens (tertiary/aromatic N) is 4. The van der Waals surface area contributed by atoms with E-state index in [2.05, 4.69) is 47.1 Å². The van der Waals surface area contributed by atoms with E-state index in [1.165, 1.54) is 12.4 Å². The Bertz CT molecular complexity index is 985. The second kappa shape index (κ2) is 11.5. The molecular formula is C22H30F2N6O3. The topological polar surface area (TPSA) is 124 Å². The lowest BCUT2D eigenvalue weighted by atomic mass is 9.99. The van der Waals surface area contributed by atoms with Crippen molar-refractivity contribution in [2.24, 2.45) is 11.8 Å². The van der Waals surface area contributed by atoms with Gasteiger partial charge in [-0.3, -0.25) is 9.59 Å². The van der Waals surface area contributed by atoms with Gasteiger partial charge in [0.05, 0.1) is 24.4 Å². The molecule has 3 rings (SSSR count). The molecule has 2 N–H and O–H groups in total. The molecule has 0 saturated carbocycles. The number of fused-ring (bicyclic) bond motifs is 1. The smallest absolute Gasteiger partial charge is 0.278 e. The molecule has 33 heavy (non-hydrogen) atoms. The second-order valence-electron chi connectivity index (χ2n) is 8.67. The number of piperidine rings is 1. The van der Waals surface area contributed by atoms with Crippen molar-refractivity contribution in [1.29, 1.82) is 5.26 Å². The van der Waals surface area contributed by atoms with Gasteiger partial charge >= 0.3 is 0 Å². The van der Waals surface area contributed by atoms with E-state index in [9.17, 15) is 18.4 Å². The number of amides is 2. The number of alkyl halides is 2. The molecule has 0 atom stereocenters. The molecule has 0 aliphatic carbocycles. The first-order valence-corrected chi connectivity index (χ1v) is 10.8. The number of ether oxygens (including phenoxy) is 1. The standard InChI is InChI=1S/C18H20F2N6O3.C4H10/c1-18(19,20)10-29-13-8-23-16-15(25-13)12(7-22-16)17(28)24-9-14(27)26-4-2-11(6-21)3-5-26;1-4(2)3/h7-8,11H,2-5,9-10H2,1H3,(H,22,23)(H,24,28);4H,1-3H3. The summed E-state index contributed by atoms with van der Waals surface area (Å²) in [5, 5.41) is 11.4. The molecule has 180 valence electrons. The third-order valence-corrected chi connectivity index (χ3v) is 4.51. The highest BCUT2D eigenvalue weighted by molar-refractivity contribution is 6.05. The van der Waals surface area contributed by atoms with Gasteiger partial charge < -0.3 is 19.9 Å². The number of hydrogen-bond donors (Lipinski definition) is 2. The molecule has 2 amide bonds. The third kappa shape index (κ3) is 8.29. The van der Waals surface area contributed by atoms with Gasteiger partial charge in [-0.25, -0.2) is 18.7 Å². The summed E-state index contributed by atoms with van der Waals surface area (Å²) in [5.74, 6) is -3.16. The van der Waals surface area contributed by atoms with E-state index in [1.807, 2.05) is 0 Å². The van der Waals surface area contributed by atoms with Crippen LogP contribution in [0.2, 0.25) is 0 Å². The fourth-order valence-corrected chi connectivity index (χ4v) is 2.94. The number of carbonyl (C=O) groups excluding carboxylic acids is 2. The normalized spacial score (nSPS) is 14.4. The molecule has 1 fully saturated rings. The minimum Gasteiger partial charge on any atom is -0.470 e. The van der Waals surface area contributed by atoms with E-state index in [0.29, 0.717) is 32.9 Å². The lowest BCUT2D eigenvalue weighted by molar-refractivity contribution is -0.131. The largest absolute Gasteiger partial charge is 0.470 e. The Hall–Kier alpha value is -3.29. The molecule has 9 nitrogen and oxygen atoms in total. The average molecular weight is 465 g/mol. The van der Waals surface area contributed by atoms with Crippen LogP contribution in [0, 0.1) is 23.2 Å². The Kier molecular flexibility index (Phi) is 9.08. The molecule has 0 unspecified atom stereocenters. The minimum atomic E-state index is -3.03. The number of nitrogens with one attached hydrogen (secondary N) is 2. The van der Waals surface area contributed by atoms with Gasteiger partial charge in [0.1, 0.15) is 5.52 Å². The predicted molar refractivity (Wildman–Crippen MR) is 118 cm³/mol. The van der Waals surface area contributed by atoms with Gasteiger partial charge in [-0.1, -0.05) is 20.8 Å². The van der Waals surface area contributed by atoms with Gasteiger partial charge in [0.25, 0.3) is 11.8 Å². The molecule has 11 heteroatoms. The molecular weight excluding hydrogens is 434 g/mol. The maximum Gasteiger partial charge on any atom is 0.278 e. The maximum absolute atomic E-state index is 12.9. The highest BCUT2D eigenvalue weighted by atomic mass is 19.3. The number of hydrogen-bond acceptors (Lipinski definition) is 6. The van der Waals surface area contributed by atoms with Crippen LogP contribution in [0.3, 0.4) is 0 Å². The van der Waals surface area contributed by atoms with E-state index in [0.717, 1.165) is 5.92 Å². The van der Waals surface area contributed by atoms with Gasteiger partial charge in [0.15, 0.2) is 12.3 Å². The lowest BCUT2D eigenvalue weighted by Crippen LogP contribution is -2.44. The Morgan fingerprint density at radius 1 is 1.36 bits per heavy atom. The second-order valence-corrected chi connectivity index (χ2v) is 8.67. The Labute approximate surface area is 191 Å². The van der Waals surface area contributed by atoms with Crippen molar-refractivity contribution in [1.82, 2.24) is 25.2 Å². The third-order valence-electron chi connectivity index (χ3n) is 4.51. The summed E-state index contributed by atoms with van der Waals surface area (Å²) in [6.07, 6.45) is 3.79. The molecule has 1 aliphatic rings. The van der Waals surface area contributed by atoms with Crippen molar-refractivity contribution in [3.63, 3.8) is 0 Å². The van der Waals surface area contributed by atoms with Gasteiger partial charge in [0.2, 0.25) is 11.8 Å². The molecule has 2 aromatic heterocycles. The van der Waals surface area contributed by atoms with Crippen LogP contribution in [0.4, 0.5) is 8.78 Å². The number of H-pyrrole nitrogens is 1. The Morgan fingerprint density at radius 3 is 2.58 bits per heavy atom. The molecule has 0 radical (unpaired) electrons. The molecule has 1 aliphatic heterocycles. The van der Waals surface area contributed by atoms with Crippen molar-refractivity contribution in [3.05, 3.63) is 18.0 Å². The van der Waals surface area contributed by atoms with Gasteiger partial charge in [-0.2, -0.15) is 5.26 Å². The summed E-state index contributed by atoms with van der Waals surface area (Å²) in [6, 6.07) is 2.19. The van der Waals surface area contributed by atoms with Crippen LogP contribution >= 0.6 is 0 Å². The zero-order valence-electron chi connectivity index (χ0n) is 19.3. The fraction of sp³-hybridized carbons (Fsp3) is 0.591. The molecule has 2 aromatic rings. The number of halogens is 2. The summed E-state index contributed by atoms with van der Waals surface area (Å²) in [5.41, 5.74) is 0.564. The first-order valence-electron chi connectivity index (χ1n) is 10.8. The zero-order valence-corrected chi connectivity index (χ0v) is 19.3. The maximum atomic E-state index is 12.9. The minimum absolute atomic E-state index is 0.0393. The van der Waals surface area contributed by atoms with Crippen LogP contribution < -0.4 is 10.1 Å². The summed E-state index contributed by atoms with van der Waals surface area (Å²) in [6.45, 7) is 7.11. The monoisotopic (exact) mass is 464 g/mol. The van der Waals surface area contributed by atoms with Crippen LogP contribution in [0.5, 0.6) is 5.88 Å². The summed E-state index contributed by atoms with van der Waals surface area (Å²) < 4.78 is 30.8. The van der Waals surface area contributed by atoms with Crippen molar-refractivity contribution >= 4 is 23.0 Å². The molecule has 0 bridgehead atoms. The molecule has 0 aromatic carbocycles. The number of likely N-dealkylation sites (tertiary alicyclic amines) is 1. The SMILES string of the molecule is CC(C)C.CC(F)(F)COc1cnc2[nH]cc(C(=O)NCC(=O)N3CCC(C#N)CC3)c2n1. The van der Waals surface area contributed by atoms with E-state index in [-0.39, 0.29) is 41.0 Å². The summed E-state index contributed by atoms with van der Waals surface area (Å²) >= 11 is 0. The number of aromatic nitrogens is 3. The van der Waals surface area contributed by atoms with E-state index in [1.54, 1.807) is 4.90 Å². The number of carbonyl (C=O) groups is 2. The fourth-order valence-electron chi connectivity index (χ4n) is 2.94. The Morgan fingerprint density at radius 2 is 2.00 bits per heavy atom. The molecule has 0 spiro atoms. The Balaban J connectivity index is 0.000000890. The van der Waals surface area contributed by atoms with E-state index in [4.69, 9.17) is 10.00 Å². The summed E-state index contributed by atoms with van der Waals surface area (Å²) in [4.78, 5) is 37.2. The van der Waals surface area contributed by atoms with Gasteiger partial charge in [-0.05, 0) is 18.8 Å². The van der Waals surface area contributed by atoms with Crippen LogP contribution in [0.1, 0.15) is 50.9 Å².